The van der Waals surface area contributed by atoms with Gasteiger partial charge in [-0.1, -0.05) is 10.2 Å². The van der Waals surface area contributed by atoms with E-state index in [2.05, 4.69) is 36.2 Å². The summed E-state index contributed by atoms with van der Waals surface area (Å²) in [5.74, 6) is -0.358. The molecule has 0 atom stereocenters. The van der Waals surface area contributed by atoms with E-state index in [9.17, 15) is 13.2 Å². The van der Waals surface area contributed by atoms with E-state index in [0.717, 1.165) is 6.07 Å². The van der Waals surface area contributed by atoms with Gasteiger partial charge in [0.1, 0.15) is 5.75 Å². The van der Waals surface area contributed by atoms with Gasteiger partial charge in [0, 0.05) is 5.69 Å². The van der Waals surface area contributed by atoms with Crippen LogP contribution in [0.25, 0.3) is 0 Å². The quantitative estimate of drug-likeness (QED) is 0.894. The Hall–Kier alpha value is -1.97. The van der Waals surface area contributed by atoms with E-state index in [-0.39, 0.29) is 22.3 Å². The number of nitrogens with two attached hydrogens (primary N) is 1. The van der Waals surface area contributed by atoms with Crippen molar-refractivity contribution in [2.24, 2.45) is 0 Å². The predicted molar refractivity (Wildman–Crippen MR) is 62.8 cm³/mol. The van der Waals surface area contributed by atoms with Gasteiger partial charge in [-0.15, -0.1) is 13.2 Å². The number of rotatable bonds is 3. The van der Waals surface area contributed by atoms with Crippen LogP contribution in [0.15, 0.2) is 27.1 Å². The van der Waals surface area contributed by atoms with Gasteiger partial charge in [0.15, 0.2) is 0 Å². The molecular formula is C9H6BrF3N4O2. The lowest BCUT2D eigenvalue weighted by Gasteiger charge is -2.11. The van der Waals surface area contributed by atoms with Gasteiger partial charge in [-0.2, -0.15) is 0 Å². The standard InChI is InChI=1S/C9H6BrF3N4O2/c10-5-3-4(15-8-17-16-7(14)18-8)1-2-6(5)19-9(11,12)13/h1-3H,(H2,14,16)(H,15,17). The topological polar surface area (TPSA) is 86.2 Å². The summed E-state index contributed by atoms with van der Waals surface area (Å²) >= 11 is 2.96. The largest absolute Gasteiger partial charge is 0.573 e. The van der Waals surface area contributed by atoms with Gasteiger partial charge >= 0.3 is 18.4 Å². The molecule has 19 heavy (non-hydrogen) atoms. The fourth-order valence-electron chi connectivity index (χ4n) is 1.19. The van der Waals surface area contributed by atoms with Gasteiger partial charge in [-0.3, -0.25) is 0 Å². The predicted octanol–water partition coefficient (Wildman–Crippen LogP) is 3.06. The SMILES string of the molecule is Nc1nnc(Nc2ccc(OC(F)(F)F)c(Br)c2)o1. The summed E-state index contributed by atoms with van der Waals surface area (Å²) in [5, 5.41) is 9.63. The average molecular weight is 339 g/mol. The first-order valence-electron chi connectivity index (χ1n) is 4.75. The number of anilines is 3. The number of nitrogens with one attached hydrogen (secondary N) is 1. The molecule has 1 aromatic heterocycles. The maximum atomic E-state index is 12.1. The van der Waals surface area contributed by atoms with Crippen LogP contribution in [-0.2, 0) is 0 Å². The van der Waals surface area contributed by atoms with Crippen molar-refractivity contribution in [3.05, 3.63) is 22.7 Å². The molecule has 2 aromatic rings. The van der Waals surface area contributed by atoms with Crippen LogP contribution in [0, 0.1) is 0 Å². The average Bonchev–Trinajstić information content (AvgIpc) is 2.66. The molecule has 10 heteroatoms. The van der Waals surface area contributed by atoms with Crippen LogP contribution < -0.4 is 15.8 Å². The van der Waals surface area contributed by atoms with E-state index >= 15 is 0 Å². The first kappa shape index (κ1) is 13.5. The number of halogens is 4. The Bertz CT molecular complexity index is 587. The fourth-order valence-corrected chi connectivity index (χ4v) is 1.65. The highest BCUT2D eigenvalue weighted by Crippen LogP contribution is 2.33. The number of alkyl halides is 3. The number of hydrogen-bond acceptors (Lipinski definition) is 6. The fraction of sp³-hybridized carbons (Fsp3) is 0.111. The van der Waals surface area contributed by atoms with Crippen molar-refractivity contribution in [3.63, 3.8) is 0 Å². The molecule has 0 unspecified atom stereocenters. The maximum absolute atomic E-state index is 12.1. The number of benzene rings is 1. The highest BCUT2D eigenvalue weighted by atomic mass is 79.9. The third-order valence-corrected chi connectivity index (χ3v) is 2.47. The number of ether oxygens (including phenoxy) is 1. The Labute approximate surface area is 112 Å². The van der Waals surface area contributed by atoms with E-state index in [1.165, 1.54) is 12.1 Å². The second-order valence-electron chi connectivity index (χ2n) is 3.26. The molecule has 3 N–H and O–H groups in total. The molecule has 0 aliphatic heterocycles. The van der Waals surface area contributed by atoms with E-state index < -0.39 is 6.36 Å². The van der Waals surface area contributed by atoms with E-state index in [0.29, 0.717) is 5.69 Å². The van der Waals surface area contributed by atoms with Crippen LogP contribution in [0.3, 0.4) is 0 Å². The van der Waals surface area contributed by atoms with Crippen LogP contribution in [0.2, 0.25) is 0 Å². The molecule has 2 rings (SSSR count). The molecule has 1 heterocycles. The van der Waals surface area contributed by atoms with Gasteiger partial charge in [-0.05, 0) is 34.1 Å². The molecule has 0 amide bonds. The zero-order valence-corrected chi connectivity index (χ0v) is 10.6. The number of aromatic nitrogens is 2. The zero-order valence-electron chi connectivity index (χ0n) is 9.03. The maximum Gasteiger partial charge on any atom is 0.573 e. The number of nitrogens with zero attached hydrogens (tertiary/aromatic N) is 2. The van der Waals surface area contributed by atoms with Crippen LogP contribution in [-0.4, -0.2) is 16.6 Å². The third kappa shape index (κ3) is 3.74. The van der Waals surface area contributed by atoms with Crippen LogP contribution in [0.4, 0.5) is 30.9 Å². The van der Waals surface area contributed by atoms with Crippen molar-refractivity contribution in [3.8, 4) is 5.75 Å². The number of hydrogen-bond donors (Lipinski definition) is 2. The summed E-state index contributed by atoms with van der Waals surface area (Å²) in [6, 6.07) is 3.75. The minimum Gasteiger partial charge on any atom is -0.405 e. The van der Waals surface area contributed by atoms with Crippen molar-refractivity contribution >= 4 is 33.6 Å². The summed E-state index contributed by atoms with van der Waals surface area (Å²) < 4.78 is 45.0. The van der Waals surface area contributed by atoms with Gasteiger partial charge in [0.2, 0.25) is 0 Å². The van der Waals surface area contributed by atoms with Crippen molar-refractivity contribution in [2.75, 3.05) is 11.1 Å². The van der Waals surface area contributed by atoms with Crippen LogP contribution in [0.5, 0.6) is 5.75 Å². The molecular weight excluding hydrogens is 333 g/mol. The minimum atomic E-state index is -4.75. The Kier molecular flexibility index (Phi) is 3.51. The molecule has 0 spiro atoms. The second kappa shape index (κ2) is 4.96. The lowest BCUT2D eigenvalue weighted by molar-refractivity contribution is -0.274. The molecule has 0 aliphatic rings. The van der Waals surface area contributed by atoms with Gasteiger partial charge in [-0.25, -0.2) is 0 Å². The Balaban J connectivity index is 2.14. The first-order valence-corrected chi connectivity index (χ1v) is 5.54. The molecule has 102 valence electrons. The highest BCUT2D eigenvalue weighted by molar-refractivity contribution is 9.10. The molecule has 6 nitrogen and oxygen atoms in total. The number of nitrogen functional groups attached to an aromatic ring is 1. The lowest BCUT2D eigenvalue weighted by atomic mass is 10.3. The molecule has 0 bridgehead atoms. The monoisotopic (exact) mass is 338 g/mol. The first-order chi connectivity index (χ1) is 8.83. The van der Waals surface area contributed by atoms with Crippen molar-refractivity contribution in [1.29, 1.82) is 0 Å². The molecule has 0 saturated carbocycles. The lowest BCUT2D eigenvalue weighted by Crippen LogP contribution is -2.17. The van der Waals surface area contributed by atoms with Gasteiger partial charge < -0.3 is 20.2 Å². The smallest absolute Gasteiger partial charge is 0.405 e. The molecule has 0 fully saturated rings. The van der Waals surface area contributed by atoms with E-state index in [1.54, 1.807) is 0 Å². The normalized spacial score (nSPS) is 11.4. The Morgan fingerprint density at radius 1 is 1.32 bits per heavy atom. The van der Waals surface area contributed by atoms with E-state index in [4.69, 9.17) is 10.2 Å². The van der Waals surface area contributed by atoms with Crippen LogP contribution in [0.1, 0.15) is 0 Å². The molecule has 0 radical (unpaired) electrons. The Morgan fingerprint density at radius 3 is 2.58 bits per heavy atom. The summed E-state index contributed by atoms with van der Waals surface area (Å²) in [7, 11) is 0. The van der Waals surface area contributed by atoms with Crippen LogP contribution >= 0.6 is 15.9 Å². The molecule has 1 aromatic carbocycles. The van der Waals surface area contributed by atoms with Crippen molar-refractivity contribution in [2.45, 2.75) is 6.36 Å². The summed E-state index contributed by atoms with van der Waals surface area (Å²) in [5.41, 5.74) is 5.64. The van der Waals surface area contributed by atoms with Crippen molar-refractivity contribution < 1.29 is 22.3 Å². The Morgan fingerprint density at radius 2 is 2.05 bits per heavy atom. The minimum absolute atomic E-state index is 0.0221. The molecule has 0 aliphatic carbocycles. The zero-order chi connectivity index (χ0) is 14.0. The van der Waals surface area contributed by atoms with E-state index in [1.807, 2.05) is 0 Å². The third-order valence-electron chi connectivity index (χ3n) is 1.85. The van der Waals surface area contributed by atoms with Gasteiger partial charge in [0.25, 0.3) is 0 Å². The second-order valence-corrected chi connectivity index (χ2v) is 4.12. The summed E-state index contributed by atoms with van der Waals surface area (Å²) in [6.07, 6.45) is -4.75. The summed E-state index contributed by atoms with van der Waals surface area (Å²) in [4.78, 5) is 0. The van der Waals surface area contributed by atoms with Crippen molar-refractivity contribution in [1.82, 2.24) is 10.2 Å². The summed E-state index contributed by atoms with van der Waals surface area (Å²) in [6.45, 7) is 0. The molecule has 0 saturated heterocycles. The van der Waals surface area contributed by atoms with Gasteiger partial charge in [0.05, 0.1) is 4.47 Å². The highest BCUT2D eigenvalue weighted by Gasteiger charge is 2.31.